The van der Waals surface area contributed by atoms with Crippen LogP contribution in [0.15, 0.2) is 72.8 Å². The molecule has 0 radical (unpaired) electrons. The first-order valence-corrected chi connectivity index (χ1v) is 11.7. The highest BCUT2D eigenvalue weighted by Crippen LogP contribution is 2.54. The molecule has 1 spiro atoms. The number of benzene rings is 3. The van der Waals surface area contributed by atoms with E-state index in [1.807, 2.05) is 48.5 Å². The van der Waals surface area contributed by atoms with Gasteiger partial charge in [-0.25, -0.2) is 0 Å². The van der Waals surface area contributed by atoms with E-state index in [0.29, 0.717) is 35.2 Å². The fourth-order valence-corrected chi connectivity index (χ4v) is 6.07. The largest absolute Gasteiger partial charge is 0.497 e. The third-order valence-electron chi connectivity index (χ3n) is 5.97. The minimum atomic E-state index is -1.07. The molecule has 3 aromatic rings. The third kappa shape index (κ3) is 3.17. The predicted molar refractivity (Wildman–Crippen MR) is 127 cm³/mol. The van der Waals surface area contributed by atoms with Crippen molar-refractivity contribution < 1.29 is 14.3 Å². The van der Waals surface area contributed by atoms with Crippen molar-refractivity contribution in [2.75, 3.05) is 24.3 Å². The van der Waals surface area contributed by atoms with Gasteiger partial charge < -0.3 is 14.5 Å². The van der Waals surface area contributed by atoms with Gasteiger partial charge in [0, 0.05) is 28.4 Å². The van der Waals surface area contributed by atoms with Crippen LogP contribution in [0, 0.1) is 0 Å². The van der Waals surface area contributed by atoms with Crippen LogP contribution in [0.2, 0.25) is 5.02 Å². The summed E-state index contributed by atoms with van der Waals surface area (Å²) in [5, 5.41) is 0.615. The van der Waals surface area contributed by atoms with Crippen molar-refractivity contribution in [2.45, 2.75) is 11.4 Å². The fourth-order valence-electron chi connectivity index (χ4n) is 4.41. The molecule has 2 amide bonds. The first-order chi connectivity index (χ1) is 15.6. The van der Waals surface area contributed by atoms with Crippen molar-refractivity contribution in [3.8, 4) is 5.75 Å². The van der Waals surface area contributed by atoms with E-state index in [1.165, 1.54) is 11.8 Å². The van der Waals surface area contributed by atoms with Crippen LogP contribution < -0.4 is 9.64 Å². The molecule has 32 heavy (non-hydrogen) atoms. The molecule has 0 saturated carbocycles. The van der Waals surface area contributed by atoms with Crippen LogP contribution in [-0.2, 0) is 16.2 Å². The number of nitrogens with zero attached hydrogens (tertiary/aromatic N) is 2. The van der Waals surface area contributed by atoms with Crippen LogP contribution in [0.3, 0.4) is 0 Å². The number of fused-ring (bicyclic) bond motifs is 2. The number of hydrogen-bond donors (Lipinski definition) is 0. The van der Waals surface area contributed by atoms with Gasteiger partial charge in [0.25, 0.3) is 11.8 Å². The van der Waals surface area contributed by atoms with Crippen molar-refractivity contribution in [1.82, 2.24) is 4.90 Å². The van der Waals surface area contributed by atoms with Crippen LogP contribution in [0.4, 0.5) is 5.69 Å². The normalized spacial score (nSPS) is 19.5. The van der Waals surface area contributed by atoms with Crippen molar-refractivity contribution in [1.29, 1.82) is 0 Å². The Morgan fingerprint density at radius 1 is 1.06 bits per heavy atom. The van der Waals surface area contributed by atoms with E-state index in [1.54, 1.807) is 41.2 Å². The highest BCUT2D eigenvalue weighted by Gasteiger charge is 2.59. The second kappa shape index (κ2) is 8.19. The number of thioether (sulfide) groups is 1. The molecule has 2 heterocycles. The van der Waals surface area contributed by atoms with Gasteiger partial charge in [-0.2, -0.15) is 0 Å². The molecule has 1 saturated heterocycles. The minimum absolute atomic E-state index is 0.108. The molecule has 7 heteroatoms. The Morgan fingerprint density at radius 2 is 1.78 bits per heavy atom. The molecule has 2 aliphatic heterocycles. The Balaban J connectivity index is 1.56. The summed E-state index contributed by atoms with van der Waals surface area (Å²) in [5.41, 5.74) is 3.06. The maximum absolute atomic E-state index is 14.0. The number of anilines is 1. The smallest absolute Gasteiger partial charge is 0.268 e. The average molecular weight is 465 g/mol. The number of carbonyl (C=O) groups excluding carboxylic acids is 2. The van der Waals surface area contributed by atoms with Gasteiger partial charge in [-0.3, -0.25) is 9.59 Å². The van der Waals surface area contributed by atoms with Crippen LogP contribution >= 0.6 is 23.4 Å². The SMILES string of the molecule is COc1ccc(C(=O)N2CCS[C@]23C(=O)N(Cc2ccccc2Cl)c2ccccc23)cc1. The lowest BCUT2D eigenvalue weighted by Crippen LogP contribution is -2.50. The first-order valence-electron chi connectivity index (χ1n) is 10.3. The second-order valence-electron chi connectivity index (χ2n) is 7.68. The summed E-state index contributed by atoms with van der Waals surface area (Å²) in [6.45, 7) is 0.845. The molecule has 0 aromatic heterocycles. The van der Waals surface area contributed by atoms with Crippen LogP contribution in [0.1, 0.15) is 21.5 Å². The molecule has 1 fully saturated rings. The molecule has 1 atom stereocenters. The van der Waals surface area contributed by atoms with Gasteiger partial charge in [0.05, 0.1) is 19.3 Å². The molecule has 0 N–H and O–H groups in total. The maximum atomic E-state index is 14.0. The summed E-state index contributed by atoms with van der Waals surface area (Å²) in [5.74, 6) is 1.09. The van der Waals surface area contributed by atoms with Crippen LogP contribution in [0.25, 0.3) is 0 Å². The number of halogens is 1. The number of methoxy groups -OCH3 is 1. The van der Waals surface area contributed by atoms with E-state index in [4.69, 9.17) is 16.3 Å². The van der Waals surface area contributed by atoms with E-state index in [2.05, 4.69) is 0 Å². The lowest BCUT2D eigenvalue weighted by molar-refractivity contribution is -0.123. The van der Waals surface area contributed by atoms with Gasteiger partial charge in [0.15, 0.2) is 4.87 Å². The van der Waals surface area contributed by atoms with E-state index < -0.39 is 4.87 Å². The highest BCUT2D eigenvalue weighted by molar-refractivity contribution is 8.01. The topological polar surface area (TPSA) is 49.9 Å². The summed E-state index contributed by atoms with van der Waals surface area (Å²) in [6, 6.07) is 22.3. The van der Waals surface area contributed by atoms with Gasteiger partial charge in [0.1, 0.15) is 5.75 Å². The minimum Gasteiger partial charge on any atom is -0.497 e. The molecule has 162 valence electrons. The molecule has 0 bridgehead atoms. The Kier molecular flexibility index (Phi) is 5.35. The quantitative estimate of drug-likeness (QED) is 0.549. The Bertz CT molecular complexity index is 1200. The molecule has 0 unspecified atom stereocenters. The number of carbonyl (C=O) groups is 2. The zero-order chi connectivity index (χ0) is 22.3. The van der Waals surface area contributed by atoms with E-state index in [9.17, 15) is 9.59 Å². The standard InChI is InChI=1S/C25H21ClN2O3S/c1-31-19-12-10-17(11-13-19)23(29)28-14-15-32-25(28)20-7-3-5-9-22(20)27(24(25)30)16-18-6-2-4-8-21(18)26/h2-13H,14-16H2,1H3/t25-/m1/s1. The molecule has 2 aliphatic rings. The monoisotopic (exact) mass is 464 g/mol. The molecular formula is C25H21ClN2O3S. The maximum Gasteiger partial charge on any atom is 0.268 e. The number of amides is 2. The molecular weight excluding hydrogens is 444 g/mol. The summed E-state index contributed by atoms with van der Waals surface area (Å²) in [7, 11) is 1.59. The van der Waals surface area contributed by atoms with Crippen molar-refractivity contribution in [3.63, 3.8) is 0 Å². The van der Waals surface area contributed by atoms with Crippen LogP contribution in [0.5, 0.6) is 5.75 Å². The Hall–Kier alpha value is -2.96. The first kappa shape index (κ1) is 20.9. The van der Waals surface area contributed by atoms with E-state index in [0.717, 1.165) is 16.8 Å². The number of rotatable bonds is 4. The van der Waals surface area contributed by atoms with Gasteiger partial charge in [-0.15, -0.1) is 11.8 Å². The lowest BCUT2D eigenvalue weighted by atomic mass is 10.0. The zero-order valence-electron chi connectivity index (χ0n) is 17.5. The third-order valence-corrected chi connectivity index (χ3v) is 7.76. The Labute approximate surface area is 195 Å². The summed E-state index contributed by atoms with van der Waals surface area (Å²) in [4.78, 5) is 30.0. The summed E-state index contributed by atoms with van der Waals surface area (Å²) in [6.07, 6.45) is 0. The predicted octanol–water partition coefficient (Wildman–Crippen LogP) is 4.94. The second-order valence-corrected chi connectivity index (χ2v) is 9.37. The molecule has 0 aliphatic carbocycles. The number of para-hydroxylation sites is 1. The fraction of sp³-hybridized carbons (Fsp3) is 0.200. The number of ether oxygens (including phenoxy) is 1. The Morgan fingerprint density at radius 3 is 2.53 bits per heavy atom. The zero-order valence-corrected chi connectivity index (χ0v) is 19.0. The summed E-state index contributed by atoms with van der Waals surface area (Å²) >= 11 is 7.91. The van der Waals surface area contributed by atoms with Gasteiger partial charge in [-0.1, -0.05) is 48.0 Å². The molecule has 3 aromatic carbocycles. The molecule has 5 rings (SSSR count). The average Bonchev–Trinajstić information content (AvgIpc) is 3.37. The number of hydrogen-bond acceptors (Lipinski definition) is 4. The van der Waals surface area contributed by atoms with Crippen molar-refractivity contribution in [2.24, 2.45) is 0 Å². The lowest BCUT2D eigenvalue weighted by Gasteiger charge is -2.33. The van der Waals surface area contributed by atoms with E-state index in [-0.39, 0.29) is 11.8 Å². The van der Waals surface area contributed by atoms with Gasteiger partial charge >= 0.3 is 0 Å². The van der Waals surface area contributed by atoms with Gasteiger partial charge in [0.2, 0.25) is 0 Å². The highest BCUT2D eigenvalue weighted by atomic mass is 35.5. The summed E-state index contributed by atoms with van der Waals surface area (Å²) < 4.78 is 5.21. The molecule has 5 nitrogen and oxygen atoms in total. The van der Waals surface area contributed by atoms with Gasteiger partial charge in [-0.05, 0) is 42.0 Å². The van der Waals surface area contributed by atoms with E-state index >= 15 is 0 Å². The van der Waals surface area contributed by atoms with Crippen LogP contribution in [-0.4, -0.2) is 36.1 Å². The van der Waals surface area contributed by atoms with Crippen molar-refractivity contribution >= 4 is 40.9 Å². The van der Waals surface area contributed by atoms with Crippen molar-refractivity contribution in [3.05, 3.63) is 94.5 Å².